The molecule has 0 aliphatic heterocycles. The first-order valence-electron chi connectivity index (χ1n) is 8.16. The lowest BCUT2D eigenvalue weighted by Gasteiger charge is -2.15. The highest BCUT2D eigenvalue weighted by Gasteiger charge is 2.17. The number of rotatable bonds is 5. The molecule has 6 heteroatoms. The number of carbonyl (C=O) groups is 1. The number of hydrogen-bond donors (Lipinski definition) is 2. The minimum absolute atomic E-state index is 0.218. The minimum Gasteiger partial charge on any atom is -0.342 e. The molecule has 2 heterocycles. The molecule has 0 unspecified atom stereocenters. The Kier molecular flexibility index (Phi) is 4.79. The van der Waals surface area contributed by atoms with Gasteiger partial charge in [-0.25, -0.2) is 4.98 Å². The predicted molar refractivity (Wildman–Crippen MR) is 96.2 cm³/mol. The van der Waals surface area contributed by atoms with Crippen LogP contribution in [0.1, 0.15) is 35.6 Å². The summed E-state index contributed by atoms with van der Waals surface area (Å²) < 4.78 is 1.42. The van der Waals surface area contributed by atoms with Crippen molar-refractivity contribution in [2.45, 2.75) is 19.4 Å². The molecule has 0 radical (unpaired) electrons. The number of hydrogen-bond acceptors (Lipinski definition) is 3. The van der Waals surface area contributed by atoms with Gasteiger partial charge in [0.05, 0.1) is 17.9 Å². The Hall–Kier alpha value is -3.15. The summed E-state index contributed by atoms with van der Waals surface area (Å²) in [4.78, 5) is 31.8. The SMILES string of the molecule is CC[C@H](NC(=O)c1ccn(C)c(=O)c1)c1ncc(-c2ccccc2)[nH]1. The van der Waals surface area contributed by atoms with E-state index >= 15 is 0 Å². The number of aromatic amines is 1. The molecule has 2 N–H and O–H groups in total. The summed E-state index contributed by atoms with van der Waals surface area (Å²) in [5.41, 5.74) is 2.06. The standard InChI is InChI=1S/C19H20N4O2/c1-3-15(22-19(25)14-9-10-23(2)17(24)11-14)18-20-12-16(21-18)13-7-5-4-6-8-13/h4-12,15H,3H2,1-2H3,(H,20,21)(H,22,25)/t15-/m0/s1. The zero-order valence-electron chi connectivity index (χ0n) is 14.2. The molecule has 1 atom stereocenters. The third-order valence-corrected chi connectivity index (χ3v) is 4.09. The maximum atomic E-state index is 12.4. The van der Waals surface area contributed by atoms with Crippen LogP contribution in [0, 0.1) is 0 Å². The Morgan fingerprint density at radius 2 is 2.04 bits per heavy atom. The number of pyridine rings is 1. The zero-order chi connectivity index (χ0) is 17.8. The van der Waals surface area contributed by atoms with Crippen molar-refractivity contribution in [2.75, 3.05) is 0 Å². The number of H-pyrrole nitrogens is 1. The molecule has 0 saturated carbocycles. The van der Waals surface area contributed by atoms with Gasteiger partial charge in [-0.1, -0.05) is 37.3 Å². The molecule has 2 aromatic heterocycles. The van der Waals surface area contributed by atoms with E-state index in [1.807, 2.05) is 37.3 Å². The molecule has 3 rings (SSSR count). The van der Waals surface area contributed by atoms with Crippen LogP contribution in [0.2, 0.25) is 0 Å². The third-order valence-electron chi connectivity index (χ3n) is 4.09. The molecule has 0 saturated heterocycles. The van der Waals surface area contributed by atoms with Crippen LogP contribution >= 0.6 is 0 Å². The Morgan fingerprint density at radius 1 is 1.28 bits per heavy atom. The maximum Gasteiger partial charge on any atom is 0.252 e. The fraction of sp³-hybridized carbons (Fsp3) is 0.211. The number of aryl methyl sites for hydroxylation is 1. The fourth-order valence-electron chi connectivity index (χ4n) is 2.57. The van der Waals surface area contributed by atoms with E-state index in [1.165, 1.54) is 10.6 Å². The molecule has 3 aromatic rings. The van der Waals surface area contributed by atoms with Crippen molar-refractivity contribution in [3.05, 3.63) is 76.6 Å². The highest BCUT2D eigenvalue weighted by Crippen LogP contribution is 2.20. The molecule has 6 nitrogen and oxygen atoms in total. The van der Waals surface area contributed by atoms with Gasteiger partial charge in [0.15, 0.2) is 0 Å². The van der Waals surface area contributed by atoms with Crippen molar-refractivity contribution < 1.29 is 4.79 Å². The smallest absolute Gasteiger partial charge is 0.252 e. The van der Waals surface area contributed by atoms with Crippen LogP contribution in [0.4, 0.5) is 0 Å². The van der Waals surface area contributed by atoms with Crippen molar-refractivity contribution in [2.24, 2.45) is 7.05 Å². The van der Waals surface area contributed by atoms with Crippen molar-refractivity contribution in [1.29, 1.82) is 0 Å². The van der Waals surface area contributed by atoms with Gasteiger partial charge in [-0.2, -0.15) is 0 Å². The number of nitrogens with one attached hydrogen (secondary N) is 2. The van der Waals surface area contributed by atoms with Gasteiger partial charge in [0.1, 0.15) is 5.82 Å². The Labute approximate surface area is 145 Å². The highest BCUT2D eigenvalue weighted by atomic mass is 16.2. The summed E-state index contributed by atoms with van der Waals surface area (Å²) in [6.45, 7) is 1.97. The van der Waals surface area contributed by atoms with Crippen molar-refractivity contribution in [3.8, 4) is 11.3 Å². The van der Waals surface area contributed by atoms with E-state index in [4.69, 9.17) is 0 Å². The van der Waals surface area contributed by atoms with Crippen molar-refractivity contribution in [1.82, 2.24) is 19.9 Å². The average molecular weight is 336 g/mol. The quantitative estimate of drug-likeness (QED) is 0.752. The van der Waals surface area contributed by atoms with E-state index in [1.54, 1.807) is 25.5 Å². The van der Waals surface area contributed by atoms with E-state index < -0.39 is 0 Å². The van der Waals surface area contributed by atoms with Crippen LogP contribution in [0.5, 0.6) is 0 Å². The second kappa shape index (κ2) is 7.17. The summed E-state index contributed by atoms with van der Waals surface area (Å²) in [6.07, 6.45) is 4.02. The molecule has 0 fully saturated rings. The molecule has 0 aliphatic carbocycles. The van der Waals surface area contributed by atoms with E-state index in [0.29, 0.717) is 17.8 Å². The number of benzene rings is 1. The normalized spacial score (nSPS) is 11.9. The van der Waals surface area contributed by atoms with Gasteiger partial charge in [0.25, 0.3) is 11.5 Å². The average Bonchev–Trinajstić information content (AvgIpc) is 3.12. The second-order valence-electron chi connectivity index (χ2n) is 5.85. The largest absolute Gasteiger partial charge is 0.342 e. The molecule has 25 heavy (non-hydrogen) atoms. The summed E-state index contributed by atoms with van der Waals surface area (Å²) in [6, 6.07) is 12.6. The van der Waals surface area contributed by atoms with Gasteiger partial charge in [0, 0.05) is 24.9 Å². The number of carbonyl (C=O) groups excluding carboxylic acids is 1. The van der Waals surface area contributed by atoms with Crippen LogP contribution in [0.15, 0.2) is 59.7 Å². The number of amides is 1. The number of aromatic nitrogens is 3. The number of imidazole rings is 1. The highest BCUT2D eigenvalue weighted by molar-refractivity contribution is 5.94. The molecule has 0 bridgehead atoms. The molecular weight excluding hydrogens is 316 g/mol. The van der Waals surface area contributed by atoms with Crippen molar-refractivity contribution in [3.63, 3.8) is 0 Å². The van der Waals surface area contributed by atoms with E-state index in [0.717, 1.165) is 11.3 Å². The summed E-state index contributed by atoms with van der Waals surface area (Å²) in [5, 5.41) is 2.93. The first-order valence-corrected chi connectivity index (χ1v) is 8.16. The zero-order valence-corrected chi connectivity index (χ0v) is 14.2. The lowest BCUT2D eigenvalue weighted by molar-refractivity contribution is 0.0933. The molecular formula is C19H20N4O2. The topological polar surface area (TPSA) is 79.8 Å². The monoisotopic (exact) mass is 336 g/mol. The molecule has 0 aliphatic rings. The molecule has 1 aromatic carbocycles. The minimum atomic E-state index is -0.290. The Bertz CT molecular complexity index is 928. The van der Waals surface area contributed by atoms with Gasteiger partial charge >= 0.3 is 0 Å². The van der Waals surface area contributed by atoms with Gasteiger partial charge in [0.2, 0.25) is 0 Å². The van der Waals surface area contributed by atoms with Gasteiger partial charge in [-0.15, -0.1) is 0 Å². The van der Waals surface area contributed by atoms with Crippen LogP contribution < -0.4 is 10.9 Å². The van der Waals surface area contributed by atoms with Crippen LogP contribution in [0.25, 0.3) is 11.3 Å². The summed E-state index contributed by atoms with van der Waals surface area (Å²) >= 11 is 0. The summed E-state index contributed by atoms with van der Waals surface area (Å²) in [5.74, 6) is 0.403. The first kappa shape index (κ1) is 16.7. The van der Waals surface area contributed by atoms with Crippen molar-refractivity contribution >= 4 is 5.91 Å². The molecule has 1 amide bonds. The third kappa shape index (κ3) is 3.68. The lowest BCUT2D eigenvalue weighted by Crippen LogP contribution is -2.30. The first-order chi connectivity index (χ1) is 12.1. The van der Waals surface area contributed by atoms with Gasteiger partial charge in [-0.05, 0) is 18.1 Å². The van der Waals surface area contributed by atoms with Crippen LogP contribution in [-0.2, 0) is 7.05 Å². The van der Waals surface area contributed by atoms with E-state index in [2.05, 4.69) is 15.3 Å². The second-order valence-corrected chi connectivity index (χ2v) is 5.85. The van der Waals surface area contributed by atoms with Gasteiger partial charge < -0.3 is 14.9 Å². The fourth-order valence-corrected chi connectivity index (χ4v) is 2.57. The van der Waals surface area contributed by atoms with E-state index in [-0.39, 0.29) is 17.5 Å². The molecule has 128 valence electrons. The van der Waals surface area contributed by atoms with E-state index in [9.17, 15) is 9.59 Å². The molecule has 0 spiro atoms. The Balaban J connectivity index is 1.78. The van der Waals surface area contributed by atoms with Crippen LogP contribution in [0.3, 0.4) is 0 Å². The van der Waals surface area contributed by atoms with Gasteiger partial charge in [-0.3, -0.25) is 9.59 Å². The Morgan fingerprint density at radius 3 is 2.72 bits per heavy atom. The summed E-state index contributed by atoms with van der Waals surface area (Å²) in [7, 11) is 1.65. The lowest BCUT2D eigenvalue weighted by atomic mass is 10.1. The number of nitrogens with zero attached hydrogens (tertiary/aromatic N) is 2. The van der Waals surface area contributed by atoms with Crippen LogP contribution in [-0.4, -0.2) is 20.4 Å². The maximum absolute atomic E-state index is 12.4. The predicted octanol–water partition coefficient (Wildman–Crippen LogP) is 2.66.